The molecule has 0 N–H and O–H groups in total. The maximum absolute atomic E-state index is 12.8. The van der Waals surface area contributed by atoms with Crippen LogP contribution in [0.5, 0.6) is 0 Å². The number of hydrogen-bond donors (Lipinski definition) is 0. The molecule has 0 heterocycles. The normalized spacial score (nSPS) is 13.0. The SMILES string of the molecule is CC\C=C/C=C\C=C/CCCCCCCCCC(=O)OCC(COC(=O)CCCCCC/C=C\C/C=C\C/C=C\CC)OC(=O)CCCCCCCCC\C=C/C=C\C=C/CC. The van der Waals surface area contributed by atoms with Gasteiger partial charge in [0.05, 0.1) is 0 Å². The molecule has 0 fully saturated rings. The largest absolute Gasteiger partial charge is 0.462 e. The van der Waals surface area contributed by atoms with E-state index in [0.29, 0.717) is 19.3 Å². The lowest BCUT2D eigenvalue weighted by Gasteiger charge is -2.18. The minimum atomic E-state index is -0.800. The van der Waals surface area contributed by atoms with Gasteiger partial charge in [0.25, 0.3) is 0 Å². The third kappa shape index (κ3) is 47.1. The summed E-state index contributed by atoms with van der Waals surface area (Å²) >= 11 is 0. The summed E-state index contributed by atoms with van der Waals surface area (Å²) in [6.07, 6.45) is 66.4. The van der Waals surface area contributed by atoms with Crippen molar-refractivity contribution in [1.82, 2.24) is 0 Å². The first-order valence-corrected chi connectivity index (χ1v) is 25.0. The van der Waals surface area contributed by atoms with E-state index in [1.807, 2.05) is 0 Å². The van der Waals surface area contributed by atoms with Crippen molar-refractivity contribution in [2.75, 3.05) is 13.2 Å². The Bertz CT molecular complexity index is 1310. The van der Waals surface area contributed by atoms with Crippen molar-refractivity contribution in [3.05, 3.63) is 109 Å². The Balaban J connectivity index is 4.48. The third-order valence-corrected chi connectivity index (χ3v) is 10.1. The predicted octanol–water partition coefficient (Wildman–Crippen LogP) is 16.4. The summed E-state index contributed by atoms with van der Waals surface area (Å²) in [6, 6.07) is 0. The highest BCUT2D eigenvalue weighted by Gasteiger charge is 2.19. The zero-order valence-corrected chi connectivity index (χ0v) is 39.8. The fourth-order valence-electron chi connectivity index (χ4n) is 6.46. The first kappa shape index (κ1) is 58.1. The van der Waals surface area contributed by atoms with Crippen molar-refractivity contribution in [3.8, 4) is 0 Å². The summed E-state index contributed by atoms with van der Waals surface area (Å²) in [4.78, 5) is 38.0. The highest BCUT2D eigenvalue weighted by molar-refractivity contribution is 5.71. The number of esters is 3. The molecule has 0 bridgehead atoms. The Kier molecular flexibility index (Phi) is 46.6. The van der Waals surface area contributed by atoms with Gasteiger partial charge in [0, 0.05) is 19.3 Å². The molecular formula is C56H90O6. The van der Waals surface area contributed by atoms with Crippen LogP contribution in [0.3, 0.4) is 0 Å². The Hall–Kier alpha value is -3.93. The van der Waals surface area contributed by atoms with Crippen LogP contribution in [0.1, 0.15) is 207 Å². The molecule has 0 aromatic heterocycles. The summed E-state index contributed by atoms with van der Waals surface area (Å²) in [7, 11) is 0. The fourth-order valence-corrected chi connectivity index (χ4v) is 6.46. The molecule has 6 nitrogen and oxygen atoms in total. The van der Waals surface area contributed by atoms with Gasteiger partial charge in [-0.3, -0.25) is 14.4 Å². The van der Waals surface area contributed by atoms with Crippen molar-refractivity contribution < 1.29 is 28.6 Å². The molecule has 0 amide bonds. The highest BCUT2D eigenvalue weighted by Crippen LogP contribution is 2.14. The topological polar surface area (TPSA) is 78.9 Å². The number of hydrogen-bond acceptors (Lipinski definition) is 6. The lowest BCUT2D eigenvalue weighted by atomic mass is 10.1. The van der Waals surface area contributed by atoms with E-state index in [1.54, 1.807) is 0 Å². The Morgan fingerprint density at radius 1 is 0.339 bits per heavy atom. The number of rotatable bonds is 43. The van der Waals surface area contributed by atoms with Crippen molar-refractivity contribution >= 4 is 17.9 Å². The molecule has 0 rings (SSSR count). The minimum absolute atomic E-state index is 0.0991. The number of unbranched alkanes of at least 4 members (excludes halogenated alkanes) is 18. The molecule has 0 aliphatic heterocycles. The lowest BCUT2D eigenvalue weighted by Crippen LogP contribution is -2.30. The molecule has 6 heteroatoms. The summed E-state index contributed by atoms with van der Waals surface area (Å²) in [5, 5.41) is 0. The van der Waals surface area contributed by atoms with Gasteiger partial charge >= 0.3 is 17.9 Å². The molecule has 1 atom stereocenters. The number of carbonyl (C=O) groups is 3. The molecule has 0 spiro atoms. The van der Waals surface area contributed by atoms with Crippen LogP contribution in [0.2, 0.25) is 0 Å². The average Bonchev–Trinajstić information content (AvgIpc) is 3.27. The van der Waals surface area contributed by atoms with Crippen molar-refractivity contribution in [2.45, 2.75) is 213 Å². The third-order valence-electron chi connectivity index (χ3n) is 10.1. The zero-order valence-electron chi connectivity index (χ0n) is 39.8. The predicted molar refractivity (Wildman–Crippen MR) is 265 cm³/mol. The molecule has 350 valence electrons. The van der Waals surface area contributed by atoms with E-state index >= 15 is 0 Å². The van der Waals surface area contributed by atoms with Crippen LogP contribution < -0.4 is 0 Å². The van der Waals surface area contributed by atoms with Gasteiger partial charge in [0.2, 0.25) is 0 Å². The first-order valence-electron chi connectivity index (χ1n) is 25.0. The zero-order chi connectivity index (χ0) is 45.1. The molecule has 0 aliphatic rings. The molecule has 1 unspecified atom stereocenters. The molecule has 0 aromatic carbocycles. The first-order chi connectivity index (χ1) is 30.5. The van der Waals surface area contributed by atoms with Crippen molar-refractivity contribution in [3.63, 3.8) is 0 Å². The molecule has 0 saturated heterocycles. The molecule has 62 heavy (non-hydrogen) atoms. The molecule has 0 saturated carbocycles. The standard InChI is InChI=1S/C56H90O6/c1-4-7-10-13-16-19-22-25-28-31-34-37-40-43-46-49-55(58)61-52-53(51-60-54(57)48-45-42-39-36-33-30-27-24-21-18-15-12-9-6-3)62-56(59)50-47-44-41-38-35-32-29-26-23-20-17-14-11-8-5-2/h7-14,16-23,27,30,53H,4-6,15,24-26,28-29,31-52H2,1-3H3/b10-7-,11-8-,12-9-,16-13-,17-14-,21-18-,22-19-,23-20-,30-27-. The van der Waals surface area contributed by atoms with Gasteiger partial charge in [0.15, 0.2) is 6.10 Å². The number of allylic oxidation sites excluding steroid dienone is 18. The van der Waals surface area contributed by atoms with E-state index in [-0.39, 0.29) is 31.1 Å². The van der Waals surface area contributed by atoms with Crippen LogP contribution in [-0.4, -0.2) is 37.2 Å². The molecule has 0 aliphatic carbocycles. The summed E-state index contributed by atoms with van der Waals surface area (Å²) in [5.41, 5.74) is 0. The van der Waals surface area contributed by atoms with Crippen LogP contribution in [-0.2, 0) is 28.6 Å². The van der Waals surface area contributed by atoms with Crippen LogP contribution in [0, 0.1) is 0 Å². The Labute approximate surface area is 380 Å². The van der Waals surface area contributed by atoms with Gasteiger partial charge < -0.3 is 14.2 Å². The summed E-state index contributed by atoms with van der Waals surface area (Å²) in [6.45, 7) is 6.21. The van der Waals surface area contributed by atoms with E-state index < -0.39 is 6.10 Å². The summed E-state index contributed by atoms with van der Waals surface area (Å²) in [5.74, 6) is -0.952. The highest BCUT2D eigenvalue weighted by atomic mass is 16.6. The van der Waals surface area contributed by atoms with E-state index in [2.05, 4.69) is 130 Å². The van der Waals surface area contributed by atoms with Crippen LogP contribution >= 0.6 is 0 Å². The fraction of sp³-hybridized carbons (Fsp3) is 0.625. The Morgan fingerprint density at radius 2 is 0.661 bits per heavy atom. The van der Waals surface area contributed by atoms with Gasteiger partial charge in [-0.25, -0.2) is 0 Å². The van der Waals surface area contributed by atoms with Crippen LogP contribution in [0.15, 0.2) is 109 Å². The maximum Gasteiger partial charge on any atom is 0.306 e. The molecule has 0 radical (unpaired) electrons. The second-order valence-electron chi connectivity index (χ2n) is 16.1. The van der Waals surface area contributed by atoms with Gasteiger partial charge in [-0.05, 0) is 89.9 Å². The van der Waals surface area contributed by atoms with Gasteiger partial charge in [0.1, 0.15) is 13.2 Å². The average molecular weight is 859 g/mol. The van der Waals surface area contributed by atoms with Crippen molar-refractivity contribution in [1.29, 1.82) is 0 Å². The van der Waals surface area contributed by atoms with Crippen LogP contribution in [0.25, 0.3) is 0 Å². The monoisotopic (exact) mass is 859 g/mol. The van der Waals surface area contributed by atoms with E-state index in [0.717, 1.165) is 122 Å². The van der Waals surface area contributed by atoms with E-state index in [1.165, 1.54) is 44.9 Å². The van der Waals surface area contributed by atoms with Gasteiger partial charge in [-0.2, -0.15) is 0 Å². The second-order valence-corrected chi connectivity index (χ2v) is 16.1. The number of ether oxygens (including phenoxy) is 3. The quantitative estimate of drug-likeness (QED) is 0.0200. The lowest BCUT2D eigenvalue weighted by molar-refractivity contribution is -0.167. The van der Waals surface area contributed by atoms with Crippen molar-refractivity contribution in [2.24, 2.45) is 0 Å². The summed E-state index contributed by atoms with van der Waals surface area (Å²) < 4.78 is 16.8. The smallest absolute Gasteiger partial charge is 0.306 e. The van der Waals surface area contributed by atoms with E-state index in [9.17, 15) is 14.4 Å². The van der Waals surface area contributed by atoms with E-state index in [4.69, 9.17) is 14.2 Å². The Morgan fingerprint density at radius 3 is 1.08 bits per heavy atom. The minimum Gasteiger partial charge on any atom is -0.462 e. The molecular weight excluding hydrogens is 769 g/mol. The molecule has 0 aromatic rings. The second kappa shape index (κ2) is 49.7. The number of carbonyl (C=O) groups excluding carboxylic acids is 3. The van der Waals surface area contributed by atoms with Gasteiger partial charge in [-0.15, -0.1) is 0 Å². The van der Waals surface area contributed by atoms with Gasteiger partial charge in [-0.1, -0.05) is 207 Å². The van der Waals surface area contributed by atoms with Crippen LogP contribution in [0.4, 0.5) is 0 Å². The maximum atomic E-state index is 12.8.